The second-order valence-corrected chi connectivity index (χ2v) is 4.64. The Kier molecular flexibility index (Phi) is 7.43. The van der Waals surface area contributed by atoms with Crippen LogP contribution in [0.5, 0.6) is 0 Å². The number of carboxylic acid groups (broad SMARTS) is 1. The highest BCUT2D eigenvalue weighted by Gasteiger charge is 2.18. The van der Waals surface area contributed by atoms with Crippen molar-refractivity contribution in [1.29, 1.82) is 0 Å². The Morgan fingerprint density at radius 3 is 2.63 bits per heavy atom. The smallest absolute Gasteiger partial charge is 0.323 e. The molecule has 0 saturated carbocycles. The fourth-order valence-electron chi connectivity index (χ4n) is 2.04. The maximum Gasteiger partial charge on any atom is 0.323 e. The van der Waals surface area contributed by atoms with Crippen molar-refractivity contribution in [3.63, 3.8) is 0 Å². The van der Waals surface area contributed by atoms with Gasteiger partial charge in [-0.2, -0.15) is 0 Å². The minimum absolute atomic E-state index is 0.156. The van der Waals surface area contributed by atoms with Gasteiger partial charge in [-0.1, -0.05) is 6.92 Å². The molecule has 1 aliphatic rings. The molecule has 6 nitrogen and oxygen atoms in total. The molecule has 1 fully saturated rings. The Morgan fingerprint density at radius 1 is 1.37 bits per heavy atom. The van der Waals surface area contributed by atoms with Gasteiger partial charge in [0.1, 0.15) is 6.54 Å². The van der Waals surface area contributed by atoms with Crippen LogP contribution in [0.25, 0.3) is 0 Å². The van der Waals surface area contributed by atoms with Gasteiger partial charge in [-0.25, -0.2) is 0 Å². The number of carboxylic acids is 1. The molecule has 0 aromatic rings. The van der Waals surface area contributed by atoms with E-state index in [1.807, 2.05) is 6.92 Å². The van der Waals surface area contributed by atoms with E-state index in [2.05, 4.69) is 0 Å². The summed E-state index contributed by atoms with van der Waals surface area (Å²) in [5.74, 6) is -1.14. The van der Waals surface area contributed by atoms with Crippen molar-refractivity contribution >= 4 is 11.9 Å². The van der Waals surface area contributed by atoms with E-state index in [0.717, 1.165) is 19.3 Å². The number of nitrogens with zero attached hydrogens (tertiary/aromatic N) is 1. The van der Waals surface area contributed by atoms with Crippen molar-refractivity contribution < 1.29 is 24.2 Å². The maximum absolute atomic E-state index is 11.9. The molecule has 0 radical (unpaired) electrons. The number of rotatable bonds is 8. The first kappa shape index (κ1) is 15.9. The summed E-state index contributed by atoms with van der Waals surface area (Å²) in [6.07, 6.45) is 2.88. The first-order valence-corrected chi connectivity index (χ1v) is 6.82. The SMILES string of the molecule is CCCN(CC(=O)O)C(=O)CCOC1CCOCC1. The fourth-order valence-corrected chi connectivity index (χ4v) is 2.04. The lowest BCUT2D eigenvalue weighted by Gasteiger charge is -2.23. The van der Waals surface area contributed by atoms with Gasteiger partial charge in [0.05, 0.1) is 19.1 Å². The first-order chi connectivity index (χ1) is 9.13. The van der Waals surface area contributed by atoms with Gasteiger partial charge in [-0.3, -0.25) is 9.59 Å². The van der Waals surface area contributed by atoms with Gasteiger partial charge in [0.15, 0.2) is 0 Å². The molecule has 6 heteroatoms. The number of hydrogen-bond donors (Lipinski definition) is 1. The third-order valence-corrected chi connectivity index (χ3v) is 3.01. The van der Waals surface area contributed by atoms with Gasteiger partial charge in [0.2, 0.25) is 5.91 Å². The van der Waals surface area contributed by atoms with Crippen molar-refractivity contribution in [2.45, 2.75) is 38.7 Å². The lowest BCUT2D eigenvalue weighted by molar-refractivity contribution is -0.145. The number of ether oxygens (including phenoxy) is 2. The van der Waals surface area contributed by atoms with Crippen LogP contribution in [0.4, 0.5) is 0 Å². The quantitative estimate of drug-likeness (QED) is 0.711. The average molecular weight is 273 g/mol. The van der Waals surface area contributed by atoms with Gasteiger partial charge in [-0.05, 0) is 19.3 Å². The Morgan fingerprint density at radius 2 is 2.05 bits per heavy atom. The zero-order chi connectivity index (χ0) is 14.1. The Labute approximate surface area is 113 Å². The van der Waals surface area contributed by atoms with E-state index in [1.165, 1.54) is 4.90 Å². The van der Waals surface area contributed by atoms with Crippen molar-refractivity contribution in [3.05, 3.63) is 0 Å². The summed E-state index contributed by atoms with van der Waals surface area (Å²) in [6.45, 7) is 3.93. The van der Waals surface area contributed by atoms with Crippen LogP contribution in [0.1, 0.15) is 32.6 Å². The van der Waals surface area contributed by atoms with Crippen LogP contribution >= 0.6 is 0 Å². The normalized spacial score (nSPS) is 16.3. The number of carbonyl (C=O) groups excluding carboxylic acids is 1. The van der Waals surface area contributed by atoms with Gasteiger partial charge in [-0.15, -0.1) is 0 Å². The largest absolute Gasteiger partial charge is 0.480 e. The molecule has 1 saturated heterocycles. The molecule has 0 spiro atoms. The predicted molar refractivity (Wildman–Crippen MR) is 68.9 cm³/mol. The van der Waals surface area contributed by atoms with Crippen molar-refractivity contribution in [1.82, 2.24) is 4.90 Å². The van der Waals surface area contributed by atoms with E-state index >= 15 is 0 Å². The maximum atomic E-state index is 11.9. The highest BCUT2D eigenvalue weighted by Crippen LogP contribution is 2.11. The second-order valence-electron chi connectivity index (χ2n) is 4.64. The number of carbonyl (C=O) groups is 2. The molecule has 1 amide bonds. The lowest BCUT2D eigenvalue weighted by Crippen LogP contribution is -2.37. The molecule has 0 bridgehead atoms. The highest BCUT2D eigenvalue weighted by molar-refractivity contribution is 5.81. The summed E-state index contributed by atoms with van der Waals surface area (Å²) in [4.78, 5) is 23.9. The molecule has 0 atom stereocenters. The molecule has 0 aromatic heterocycles. The van der Waals surface area contributed by atoms with E-state index in [-0.39, 0.29) is 25.0 Å². The van der Waals surface area contributed by atoms with Crippen LogP contribution in [0.3, 0.4) is 0 Å². The highest BCUT2D eigenvalue weighted by atomic mass is 16.5. The number of amides is 1. The zero-order valence-electron chi connectivity index (χ0n) is 11.5. The van der Waals surface area contributed by atoms with E-state index in [1.54, 1.807) is 0 Å². The molecule has 110 valence electrons. The molecule has 1 aliphatic heterocycles. The van der Waals surface area contributed by atoms with E-state index in [4.69, 9.17) is 14.6 Å². The Bertz CT molecular complexity index is 289. The van der Waals surface area contributed by atoms with E-state index in [0.29, 0.717) is 26.4 Å². The van der Waals surface area contributed by atoms with Crippen molar-refractivity contribution in [2.24, 2.45) is 0 Å². The first-order valence-electron chi connectivity index (χ1n) is 6.82. The van der Waals surface area contributed by atoms with Crippen LogP contribution in [-0.2, 0) is 19.1 Å². The number of hydrogen-bond acceptors (Lipinski definition) is 4. The summed E-state index contributed by atoms with van der Waals surface area (Å²) >= 11 is 0. The van der Waals surface area contributed by atoms with Gasteiger partial charge in [0, 0.05) is 19.8 Å². The summed E-state index contributed by atoms with van der Waals surface area (Å²) in [5.41, 5.74) is 0. The van der Waals surface area contributed by atoms with Crippen molar-refractivity contribution in [3.8, 4) is 0 Å². The summed E-state index contributed by atoms with van der Waals surface area (Å²) in [5, 5.41) is 8.75. The van der Waals surface area contributed by atoms with Crippen LogP contribution in [0.2, 0.25) is 0 Å². The predicted octanol–water partition coefficient (Wildman–Crippen LogP) is 0.895. The minimum atomic E-state index is -0.979. The molecular formula is C13H23NO5. The summed E-state index contributed by atoms with van der Waals surface area (Å²) in [6, 6.07) is 0. The van der Waals surface area contributed by atoms with Crippen LogP contribution in [-0.4, -0.2) is 60.9 Å². The standard InChI is InChI=1S/C13H23NO5/c1-2-6-14(10-13(16)17)12(15)5-9-19-11-3-7-18-8-4-11/h11H,2-10H2,1H3,(H,16,17). The molecular weight excluding hydrogens is 250 g/mol. The summed E-state index contributed by atoms with van der Waals surface area (Å²) < 4.78 is 10.8. The average Bonchev–Trinajstić information content (AvgIpc) is 2.39. The molecule has 1 heterocycles. The number of aliphatic carboxylic acids is 1. The fraction of sp³-hybridized carbons (Fsp3) is 0.846. The Balaban J connectivity index is 2.24. The second kappa shape index (κ2) is 8.87. The molecule has 0 unspecified atom stereocenters. The minimum Gasteiger partial charge on any atom is -0.480 e. The molecule has 0 aromatic carbocycles. The topological polar surface area (TPSA) is 76.1 Å². The molecule has 19 heavy (non-hydrogen) atoms. The zero-order valence-corrected chi connectivity index (χ0v) is 11.5. The molecule has 0 aliphatic carbocycles. The monoisotopic (exact) mass is 273 g/mol. The molecule has 1 N–H and O–H groups in total. The third-order valence-electron chi connectivity index (χ3n) is 3.01. The van der Waals surface area contributed by atoms with E-state index in [9.17, 15) is 9.59 Å². The molecule has 1 rings (SSSR count). The lowest BCUT2D eigenvalue weighted by atomic mass is 10.1. The van der Waals surface area contributed by atoms with Crippen LogP contribution in [0.15, 0.2) is 0 Å². The van der Waals surface area contributed by atoms with Gasteiger partial charge >= 0.3 is 5.97 Å². The van der Waals surface area contributed by atoms with Crippen LogP contribution < -0.4 is 0 Å². The van der Waals surface area contributed by atoms with Crippen molar-refractivity contribution in [2.75, 3.05) is 32.9 Å². The summed E-state index contributed by atoms with van der Waals surface area (Å²) in [7, 11) is 0. The Hall–Kier alpha value is -1.14. The third kappa shape index (κ3) is 6.54. The van der Waals surface area contributed by atoms with Gasteiger partial charge < -0.3 is 19.5 Å². The van der Waals surface area contributed by atoms with E-state index < -0.39 is 5.97 Å². The van der Waals surface area contributed by atoms with Gasteiger partial charge in [0.25, 0.3) is 0 Å². The van der Waals surface area contributed by atoms with Crippen LogP contribution in [0, 0.1) is 0 Å².